The fourth-order valence-corrected chi connectivity index (χ4v) is 3.58. The Labute approximate surface area is 135 Å². The molecule has 0 aromatic rings. The Balaban J connectivity index is 1.95. The van der Waals surface area contributed by atoms with Crippen molar-refractivity contribution in [3.05, 3.63) is 0 Å². The van der Waals surface area contributed by atoms with E-state index in [1.54, 1.807) is 0 Å². The first-order valence-corrected chi connectivity index (χ1v) is 8.15. The van der Waals surface area contributed by atoms with Crippen LogP contribution in [0.4, 0.5) is 4.79 Å². The van der Waals surface area contributed by atoms with Gasteiger partial charge in [-0.3, -0.25) is 0 Å². The van der Waals surface area contributed by atoms with Gasteiger partial charge in [0.2, 0.25) is 0 Å². The molecule has 8 heteroatoms. The largest absolute Gasteiger partial charge is 0.550 e. The first-order valence-electron chi connectivity index (χ1n) is 8.15. The Bertz CT molecular complexity index is 440. The lowest BCUT2D eigenvalue weighted by Gasteiger charge is -2.28. The van der Waals surface area contributed by atoms with Crippen LogP contribution in [0.5, 0.6) is 0 Å². The summed E-state index contributed by atoms with van der Waals surface area (Å²) in [7, 11) is 1.22. The number of carboxylic acids is 1. The van der Waals surface area contributed by atoms with Crippen molar-refractivity contribution in [1.82, 2.24) is 0 Å². The number of cyclic esters (lactones) is 1. The predicted molar refractivity (Wildman–Crippen MR) is 77.5 cm³/mol. The third kappa shape index (κ3) is 4.20. The summed E-state index contributed by atoms with van der Waals surface area (Å²) in [6.07, 6.45) is 3.72. The van der Waals surface area contributed by atoms with E-state index in [9.17, 15) is 19.8 Å². The molecular weight excluding hydrogens is 304 g/mol. The molecule has 1 saturated carbocycles. The molecule has 1 unspecified atom stereocenters. The molecule has 1 heterocycles. The van der Waals surface area contributed by atoms with Crippen LogP contribution in [-0.2, 0) is 14.4 Å². The summed E-state index contributed by atoms with van der Waals surface area (Å²) in [4.78, 5) is 27.8. The molecule has 3 N–H and O–H groups in total. The second kappa shape index (κ2) is 7.57. The highest BCUT2D eigenvalue weighted by atomic mass is 16.8. The summed E-state index contributed by atoms with van der Waals surface area (Å²) in [6.45, 7) is -0.751. The molecule has 0 aromatic carbocycles. The van der Waals surface area contributed by atoms with Crippen LogP contribution >= 0.6 is 0 Å². The zero-order chi connectivity index (χ0) is 17.0. The Hall–Kier alpha value is -1.22. The lowest BCUT2D eigenvalue weighted by molar-refractivity contribution is -1.03. The second-order valence-corrected chi connectivity index (χ2v) is 6.60. The van der Waals surface area contributed by atoms with Gasteiger partial charge in [-0.25, -0.2) is 0 Å². The molecule has 2 aliphatic rings. The SMILES string of the molecule is CO[N+]1(CC(=O)[O-])C[C@@H]([C@H](O)[C@@H](N)CC2CCCCC2)OC1=O. The first-order chi connectivity index (χ1) is 10.9. The van der Waals surface area contributed by atoms with Crippen LogP contribution in [0.1, 0.15) is 38.5 Å². The van der Waals surface area contributed by atoms with Crippen molar-refractivity contribution < 1.29 is 34.0 Å². The van der Waals surface area contributed by atoms with Crippen molar-refractivity contribution in [3.63, 3.8) is 0 Å². The monoisotopic (exact) mass is 330 g/mol. The summed E-state index contributed by atoms with van der Waals surface area (Å²) in [6, 6.07) is -0.518. The molecule has 2 fully saturated rings. The van der Waals surface area contributed by atoms with E-state index in [0.717, 1.165) is 12.8 Å². The zero-order valence-electron chi connectivity index (χ0n) is 13.5. The second-order valence-electron chi connectivity index (χ2n) is 6.60. The molecule has 0 aromatic heterocycles. The number of hydrogen-bond donors (Lipinski definition) is 2. The predicted octanol–water partition coefficient (Wildman–Crippen LogP) is -0.708. The number of carboxylic acid groups (broad SMARTS) is 1. The summed E-state index contributed by atoms with van der Waals surface area (Å²) < 4.78 is 4.28. The van der Waals surface area contributed by atoms with E-state index in [1.165, 1.54) is 26.4 Å². The Morgan fingerprint density at radius 2 is 2.13 bits per heavy atom. The highest BCUT2D eigenvalue weighted by molar-refractivity contribution is 5.70. The van der Waals surface area contributed by atoms with E-state index in [1.807, 2.05) is 0 Å². The summed E-state index contributed by atoms with van der Waals surface area (Å²) >= 11 is 0. The van der Waals surface area contributed by atoms with Crippen LogP contribution in [0.15, 0.2) is 0 Å². The number of hydroxylamine groups is 3. The minimum absolute atomic E-state index is 0.0944. The van der Waals surface area contributed by atoms with Crippen LogP contribution in [0.25, 0.3) is 0 Å². The van der Waals surface area contributed by atoms with E-state index in [0.29, 0.717) is 12.3 Å². The number of quaternary nitrogens is 1. The normalized spacial score (nSPS) is 31.6. The number of aliphatic hydroxyl groups is 1. The molecule has 0 spiro atoms. The summed E-state index contributed by atoms with van der Waals surface area (Å²) in [5, 5.41) is 21.2. The fraction of sp³-hybridized carbons (Fsp3) is 0.867. The van der Waals surface area contributed by atoms with Crippen molar-refractivity contribution >= 4 is 12.1 Å². The summed E-state index contributed by atoms with van der Waals surface area (Å²) in [5.74, 6) is -0.944. The van der Waals surface area contributed by atoms with Crippen molar-refractivity contribution in [3.8, 4) is 0 Å². The topological polar surface area (TPSA) is 122 Å². The molecule has 1 amide bonds. The van der Waals surface area contributed by atoms with Crippen LogP contribution in [0, 0.1) is 5.92 Å². The van der Waals surface area contributed by atoms with E-state index in [2.05, 4.69) is 0 Å². The van der Waals surface area contributed by atoms with Gasteiger partial charge in [0.15, 0.2) is 19.2 Å². The van der Waals surface area contributed by atoms with Gasteiger partial charge in [-0.2, -0.15) is 9.63 Å². The number of aliphatic carboxylic acids is 1. The van der Waals surface area contributed by atoms with E-state index < -0.39 is 41.5 Å². The average Bonchev–Trinajstić information content (AvgIpc) is 2.84. The number of amides is 1. The van der Waals surface area contributed by atoms with Gasteiger partial charge in [-0.15, -0.1) is 0 Å². The maximum absolute atomic E-state index is 12.0. The van der Waals surface area contributed by atoms with Gasteiger partial charge in [0.1, 0.15) is 6.10 Å². The Morgan fingerprint density at radius 1 is 1.48 bits per heavy atom. The van der Waals surface area contributed by atoms with Gasteiger partial charge < -0.3 is 25.5 Å². The molecule has 1 aliphatic carbocycles. The lowest BCUT2D eigenvalue weighted by atomic mass is 9.83. The highest BCUT2D eigenvalue weighted by Crippen LogP contribution is 2.30. The fourth-order valence-electron chi connectivity index (χ4n) is 3.58. The molecule has 4 atom stereocenters. The third-order valence-electron chi connectivity index (χ3n) is 4.94. The molecule has 8 nitrogen and oxygen atoms in total. The molecular formula is C15H26N2O6. The van der Waals surface area contributed by atoms with Crippen LogP contribution in [0.2, 0.25) is 0 Å². The molecule has 23 heavy (non-hydrogen) atoms. The number of nitrogens with zero attached hydrogens (tertiary/aromatic N) is 1. The van der Waals surface area contributed by atoms with Gasteiger partial charge in [-0.1, -0.05) is 36.8 Å². The maximum Gasteiger partial charge on any atom is 0.550 e. The number of ether oxygens (including phenoxy) is 1. The smallest absolute Gasteiger partial charge is 0.544 e. The maximum atomic E-state index is 12.0. The quantitative estimate of drug-likeness (QED) is 0.591. The number of aliphatic hydroxyl groups excluding tert-OH is 1. The average molecular weight is 330 g/mol. The lowest BCUT2D eigenvalue weighted by Crippen LogP contribution is -2.55. The number of carbonyl (C=O) groups excluding carboxylic acids is 2. The standard InChI is InChI=1S/C15H26N2O6/c1-22-17(9-13(18)19)8-12(23-15(17)21)14(20)11(16)7-10-5-3-2-4-6-10/h10-12,14,20H,2-9,16H2,1H3/t11-,12-,14+,17?/m0/s1. The molecule has 0 radical (unpaired) electrons. The van der Waals surface area contributed by atoms with Crippen molar-refractivity contribution in [2.45, 2.75) is 56.8 Å². The van der Waals surface area contributed by atoms with Gasteiger partial charge >= 0.3 is 6.09 Å². The van der Waals surface area contributed by atoms with Crippen LogP contribution < -0.4 is 10.8 Å². The summed E-state index contributed by atoms with van der Waals surface area (Å²) in [5.41, 5.74) is 6.09. The zero-order valence-corrected chi connectivity index (χ0v) is 13.5. The molecule has 132 valence electrons. The third-order valence-corrected chi connectivity index (χ3v) is 4.94. The van der Waals surface area contributed by atoms with Crippen LogP contribution in [0.3, 0.4) is 0 Å². The molecule has 1 aliphatic heterocycles. The number of rotatable bonds is 7. The van der Waals surface area contributed by atoms with Gasteiger partial charge in [0.05, 0.1) is 13.1 Å². The van der Waals surface area contributed by atoms with Crippen molar-refractivity contribution in [1.29, 1.82) is 0 Å². The van der Waals surface area contributed by atoms with E-state index in [4.69, 9.17) is 15.3 Å². The number of hydrogen-bond acceptors (Lipinski definition) is 7. The first kappa shape index (κ1) is 18.1. The molecule has 0 bridgehead atoms. The minimum atomic E-state index is -1.43. The minimum Gasteiger partial charge on any atom is -0.544 e. The molecule has 1 saturated heterocycles. The Morgan fingerprint density at radius 3 is 2.70 bits per heavy atom. The van der Waals surface area contributed by atoms with Crippen molar-refractivity contribution in [2.24, 2.45) is 11.7 Å². The van der Waals surface area contributed by atoms with Crippen molar-refractivity contribution in [2.75, 3.05) is 20.2 Å². The number of nitrogens with two attached hydrogens (primary N) is 1. The van der Waals surface area contributed by atoms with Crippen LogP contribution in [-0.4, -0.2) is 60.3 Å². The van der Waals surface area contributed by atoms with E-state index in [-0.39, 0.29) is 6.54 Å². The van der Waals surface area contributed by atoms with E-state index >= 15 is 0 Å². The Kier molecular flexibility index (Phi) is 5.96. The van der Waals surface area contributed by atoms with Gasteiger partial charge in [0.25, 0.3) is 0 Å². The highest BCUT2D eigenvalue weighted by Gasteiger charge is 2.54. The van der Waals surface area contributed by atoms with Gasteiger partial charge in [-0.05, 0) is 12.3 Å². The van der Waals surface area contributed by atoms with Gasteiger partial charge in [0, 0.05) is 6.04 Å². The number of carbonyl (C=O) groups is 2. The molecule has 2 rings (SSSR count).